The molecular weight excluding hydrogens is 338 g/mol. The fraction of sp³-hybridized carbons (Fsp3) is 0.588. The number of aromatic amines is 1. The molecule has 0 spiro atoms. The summed E-state index contributed by atoms with van der Waals surface area (Å²) in [5.74, 6) is 0.258. The Bertz CT molecular complexity index is 688. The van der Waals surface area contributed by atoms with Crippen molar-refractivity contribution in [3.8, 4) is 0 Å². The molecule has 4 heterocycles. The molecule has 0 aliphatic carbocycles. The second kappa shape index (κ2) is 7.63. The summed E-state index contributed by atoms with van der Waals surface area (Å²) in [5, 5.41) is 6.39. The minimum atomic E-state index is -0.0648. The molecule has 2 aromatic rings. The van der Waals surface area contributed by atoms with Gasteiger partial charge in [0.15, 0.2) is 0 Å². The number of thiophene rings is 1. The first kappa shape index (κ1) is 16.7. The van der Waals surface area contributed by atoms with Crippen LogP contribution in [0.1, 0.15) is 45.7 Å². The van der Waals surface area contributed by atoms with E-state index in [1.807, 2.05) is 16.2 Å². The molecule has 134 valence electrons. The summed E-state index contributed by atoms with van der Waals surface area (Å²) >= 11 is 1.87. The third-order valence-corrected chi connectivity index (χ3v) is 6.00. The van der Waals surface area contributed by atoms with Crippen LogP contribution in [-0.2, 0) is 11.3 Å². The van der Waals surface area contributed by atoms with Crippen molar-refractivity contribution in [3.63, 3.8) is 0 Å². The van der Waals surface area contributed by atoms with Crippen LogP contribution in [0, 0.1) is 0 Å². The highest BCUT2D eigenvalue weighted by molar-refractivity contribution is 7.12. The number of H-pyrrole nitrogens is 1. The van der Waals surface area contributed by atoms with E-state index in [9.17, 15) is 4.79 Å². The average Bonchev–Trinajstić information content (AvgIpc) is 3.35. The molecule has 2 saturated heterocycles. The summed E-state index contributed by atoms with van der Waals surface area (Å²) in [6, 6.07) is 4.45. The van der Waals surface area contributed by atoms with Crippen molar-refractivity contribution in [1.29, 1.82) is 0 Å². The van der Waals surface area contributed by atoms with Crippen LogP contribution < -0.4 is 0 Å². The normalized spacial score (nSPS) is 22.2. The average molecular weight is 361 g/mol. The van der Waals surface area contributed by atoms with Crippen molar-refractivity contribution in [2.24, 2.45) is 0 Å². The first-order valence-corrected chi connectivity index (χ1v) is 9.68. The molecule has 7 nitrogen and oxygen atoms in total. The van der Waals surface area contributed by atoms with Crippen LogP contribution in [0.3, 0.4) is 0 Å². The topological polar surface area (TPSA) is 74.4 Å². The van der Waals surface area contributed by atoms with Crippen molar-refractivity contribution in [3.05, 3.63) is 34.0 Å². The Morgan fingerprint density at radius 1 is 1.28 bits per heavy atom. The number of piperazine rings is 1. The minimum Gasteiger partial charge on any atom is -0.373 e. The maximum atomic E-state index is 12.3. The second-order valence-corrected chi connectivity index (χ2v) is 7.76. The first-order valence-electron chi connectivity index (χ1n) is 8.87. The fourth-order valence-electron chi connectivity index (χ4n) is 3.41. The van der Waals surface area contributed by atoms with E-state index in [1.165, 1.54) is 28.9 Å². The van der Waals surface area contributed by atoms with Gasteiger partial charge >= 0.3 is 0 Å². The molecule has 0 saturated carbocycles. The Labute approximate surface area is 151 Å². The Hall–Kier alpha value is -1.77. The van der Waals surface area contributed by atoms with E-state index in [4.69, 9.17) is 4.74 Å². The maximum absolute atomic E-state index is 12.3. The number of hydrogen-bond donors (Lipinski definition) is 1. The van der Waals surface area contributed by atoms with Gasteiger partial charge in [-0.2, -0.15) is 5.10 Å². The van der Waals surface area contributed by atoms with Crippen LogP contribution in [0.2, 0.25) is 0 Å². The zero-order valence-corrected chi connectivity index (χ0v) is 15.0. The van der Waals surface area contributed by atoms with Crippen molar-refractivity contribution < 1.29 is 9.53 Å². The summed E-state index contributed by atoms with van der Waals surface area (Å²) in [4.78, 5) is 23.2. The number of aromatic nitrogens is 3. The van der Waals surface area contributed by atoms with Gasteiger partial charge in [0.25, 0.3) is 5.91 Å². The third-order valence-electron chi connectivity index (χ3n) is 4.84. The molecule has 8 heteroatoms. The van der Waals surface area contributed by atoms with Gasteiger partial charge in [-0.15, -0.1) is 11.3 Å². The van der Waals surface area contributed by atoms with Crippen molar-refractivity contribution >= 4 is 17.2 Å². The van der Waals surface area contributed by atoms with E-state index in [0.29, 0.717) is 11.9 Å². The third kappa shape index (κ3) is 3.91. The van der Waals surface area contributed by atoms with E-state index < -0.39 is 0 Å². The number of nitrogens with zero attached hydrogens (tertiary/aromatic N) is 4. The number of nitrogens with one attached hydrogen (secondary N) is 1. The predicted octanol–water partition coefficient (Wildman–Crippen LogP) is 2.07. The first-order chi connectivity index (χ1) is 12.3. The van der Waals surface area contributed by atoms with E-state index >= 15 is 0 Å². The summed E-state index contributed by atoms with van der Waals surface area (Å²) in [6.07, 6.45) is 5.25. The molecule has 2 fully saturated rings. The van der Waals surface area contributed by atoms with Crippen LogP contribution in [0.4, 0.5) is 0 Å². The van der Waals surface area contributed by atoms with Crippen molar-refractivity contribution in [2.75, 3.05) is 32.8 Å². The highest BCUT2D eigenvalue weighted by atomic mass is 32.1. The molecule has 2 aliphatic heterocycles. The van der Waals surface area contributed by atoms with Crippen molar-refractivity contribution in [2.45, 2.75) is 31.9 Å². The molecule has 1 unspecified atom stereocenters. The van der Waals surface area contributed by atoms with Gasteiger partial charge in [-0.05, 0) is 31.4 Å². The standard InChI is InChI=1S/C17H23N5O2S/c23-17(16-18-12-19-20-16)22-8-6-21(7-9-22)11-13-4-5-15(25-13)14-3-1-2-10-24-14/h4-5,12,14H,1-3,6-11H2,(H,18,19,20). The highest BCUT2D eigenvalue weighted by Gasteiger charge is 2.24. The van der Waals surface area contributed by atoms with Gasteiger partial charge in [-0.25, -0.2) is 4.98 Å². The molecule has 1 amide bonds. The van der Waals surface area contributed by atoms with E-state index in [0.717, 1.165) is 45.8 Å². The number of hydrogen-bond acceptors (Lipinski definition) is 6. The van der Waals surface area contributed by atoms with Gasteiger partial charge < -0.3 is 9.64 Å². The lowest BCUT2D eigenvalue weighted by molar-refractivity contribution is 0.0172. The van der Waals surface area contributed by atoms with Crippen LogP contribution in [0.15, 0.2) is 18.5 Å². The van der Waals surface area contributed by atoms with Crippen LogP contribution in [-0.4, -0.2) is 63.7 Å². The summed E-state index contributed by atoms with van der Waals surface area (Å²) in [5.41, 5.74) is 0. The Balaban J connectivity index is 1.28. The van der Waals surface area contributed by atoms with E-state index in [1.54, 1.807) is 0 Å². The largest absolute Gasteiger partial charge is 0.373 e. The second-order valence-electron chi connectivity index (χ2n) is 6.56. The molecule has 4 rings (SSSR count). The molecule has 0 aromatic carbocycles. The van der Waals surface area contributed by atoms with Gasteiger partial charge in [0.05, 0.1) is 6.10 Å². The van der Waals surface area contributed by atoms with Crippen LogP contribution in [0.25, 0.3) is 0 Å². The van der Waals surface area contributed by atoms with Crippen LogP contribution in [0.5, 0.6) is 0 Å². The predicted molar refractivity (Wildman–Crippen MR) is 94.4 cm³/mol. The SMILES string of the molecule is O=C(c1ncn[nH]1)N1CCN(Cc2ccc(C3CCCCO3)s2)CC1. The number of ether oxygens (including phenoxy) is 1. The molecule has 1 atom stereocenters. The molecule has 25 heavy (non-hydrogen) atoms. The summed E-state index contributed by atoms with van der Waals surface area (Å²) < 4.78 is 5.88. The van der Waals surface area contributed by atoms with Gasteiger partial charge in [-0.1, -0.05) is 0 Å². The zero-order chi connectivity index (χ0) is 17.1. The van der Waals surface area contributed by atoms with E-state index in [-0.39, 0.29) is 5.91 Å². The number of carbonyl (C=O) groups excluding carboxylic acids is 1. The Kier molecular flexibility index (Phi) is 5.09. The zero-order valence-electron chi connectivity index (χ0n) is 14.2. The molecule has 1 N–H and O–H groups in total. The van der Waals surface area contributed by atoms with E-state index in [2.05, 4.69) is 32.2 Å². The molecule has 0 radical (unpaired) electrons. The fourth-order valence-corrected chi connectivity index (χ4v) is 4.54. The monoisotopic (exact) mass is 361 g/mol. The van der Waals surface area contributed by atoms with Crippen LogP contribution >= 0.6 is 11.3 Å². The molecule has 0 bridgehead atoms. The smallest absolute Gasteiger partial charge is 0.291 e. The number of amides is 1. The highest BCUT2D eigenvalue weighted by Crippen LogP contribution is 2.33. The lowest BCUT2D eigenvalue weighted by Crippen LogP contribution is -2.48. The van der Waals surface area contributed by atoms with Crippen molar-refractivity contribution in [1.82, 2.24) is 25.0 Å². The van der Waals surface area contributed by atoms with Gasteiger partial charge in [0.2, 0.25) is 5.82 Å². The minimum absolute atomic E-state index is 0.0648. The van der Waals surface area contributed by atoms with Gasteiger partial charge in [-0.3, -0.25) is 14.8 Å². The number of rotatable bonds is 4. The summed E-state index contributed by atoms with van der Waals surface area (Å²) in [6.45, 7) is 5.05. The Morgan fingerprint density at radius 3 is 2.88 bits per heavy atom. The molecular formula is C17H23N5O2S. The molecule has 2 aromatic heterocycles. The Morgan fingerprint density at radius 2 is 2.16 bits per heavy atom. The lowest BCUT2D eigenvalue weighted by atomic mass is 10.1. The van der Waals surface area contributed by atoms with Gasteiger partial charge in [0.1, 0.15) is 6.33 Å². The van der Waals surface area contributed by atoms with Gasteiger partial charge in [0, 0.05) is 49.1 Å². The lowest BCUT2D eigenvalue weighted by Gasteiger charge is -2.34. The molecule has 2 aliphatic rings. The number of carbonyl (C=O) groups is 1. The quantitative estimate of drug-likeness (QED) is 0.902. The summed E-state index contributed by atoms with van der Waals surface area (Å²) in [7, 11) is 0. The maximum Gasteiger partial charge on any atom is 0.291 e.